The minimum atomic E-state index is -1.74. The molecule has 0 aliphatic carbocycles. The number of pyridine rings is 1. The van der Waals surface area contributed by atoms with Crippen LogP contribution in [0.1, 0.15) is 81.7 Å². The monoisotopic (exact) mass is 1040 g/mol. The number of furan rings is 1. The molecule has 0 saturated heterocycles. The second-order valence-electron chi connectivity index (χ2n) is 20.8. The predicted molar refractivity (Wildman–Crippen MR) is 270 cm³/mol. The van der Waals surface area contributed by atoms with Gasteiger partial charge in [-0.25, -0.2) is 0 Å². The Balaban J connectivity index is 0.000000206. The van der Waals surface area contributed by atoms with Crippen molar-refractivity contribution in [2.24, 2.45) is 5.41 Å². The van der Waals surface area contributed by atoms with Crippen LogP contribution in [0.4, 0.5) is 0 Å². The van der Waals surface area contributed by atoms with E-state index in [1.807, 2.05) is 63.4 Å². The standard InChI is InChI=1S/C35H27N2O.C23H34NSi.Ir/c1-35(2,3)28-19-12-16-24(23-13-5-4-6-14-23)32(28)37-30-21-9-8-20-29(30)36-34(37)27-18-11-17-26-25-15-7-10-22-31(25)38-33(26)27;1-22(2,3)15-18-14-20(24-16-21(18)25(7,8)9)17-11-10-12-19(13-17)23(4,5)6;/h4-17,19-22H,1-3H3;10,12-14,16H,15H2,1-9H3;/q2*-1;/i;15D2;. The van der Waals surface area contributed by atoms with E-state index < -0.39 is 19.9 Å². The largest absolute Gasteiger partial charge is 0.501 e. The average Bonchev–Trinajstić information content (AvgIpc) is 3.84. The predicted octanol–water partition coefficient (Wildman–Crippen LogP) is 15.3. The molecule has 3 heterocycles. The second-order valence-corrected chi connectivity index (χ2v) is 25.8. The number of benzene rings is 6. The van der Waals surface area contributed by atoms with E-state index in [2.05, 4.69) is 175 Å². The first-order valence-electron chi connectivity index (χ1n) is 23.1. The van der Waals surface area contributed by atoms with Crippen molar-refractivity contribution in [3.05, 3.63) is 168 Å². The summed E-state index contributed by atoms with van der Waals surface area (Å²) in [5, 5.41) is 3.26. The maximum Gasteiger partial charge on any atom is 0.120 e. The fourth-order valence-electron chi connectivity index (χ4n) is 8.31. The van der Waals surface area contributed by atoms with E-state index in [-0.39, 0.29) is 30.9 Å². The number of imidazole rings is 1. The minimum Gasteiger partial charge on any atom is -0.501 e. The third kappa shape index (κ3) is 9.66. The molecule has 0 unspecified atom stereocenters. The smallest absolute Gasteiger partial charge is 0.120 e. The van der Waals surface area contributed by atoms with E-state index in [1.54, 1.807) is 0 Å². The van der Waals surface area contributed by atoms with Gasteiger partial charge in [0.1, 0.15) is 5.58 Å². The minimum absolute atomic E-state index is 0. The normalized spacial score (nSPS) is 13.0. The Morgan fingerprint density at radius 2 is 1.39 bits per heavy atom. The number of hydrogen-bond acceptors (Lipinski definition) is 3. The van der Waals surface area contributed by atoms with Crippen LogP contribution in [0.2, 0.25) is 19.6 Å². The molecule has 0 aliphatic rings. The van der Waals surface area contributed by atoms with E-state index in [4.69, 9.17) is 17.1 Å². The van der Waals surface area contributed by atoms with Crippen LogP contribution in [-0.2, 0) is 37.3 Å². The van der Waals surface area contributed by atoms with Crippen LogP contribution >= 0.6 is 0 Å². The van der Waals surface area contributed by atoms with Gasteiger partial charge in [0.05, 0.1) is 36.2 Å². The van der Waals surface area contributed by atoms with Gasteiger partial charge in [0, 0.05) is 40.0 Å². The molecule has 9 rings (SSSR count). The molecule has 64 heavy (non-hydrogen) atoms. The van der Waals surface area contributed by atoms with Crippen molar-refractivity contribution in [1.82, 2.24) is 14.5 Å². The first-order chi connectivity index (χ1) is 30.6. The molecule has 0 spiro atoms. The van der Waals surface area contributed by atoms with Crippen molar-refractivity contribution in [2.75, 3.05) is 0 Å². The number of hydrogen-bond donors (Lipinski definition) is 0. The van der Waals surface area contributed by atoms with Crippen molar-refractivity contribution < 1.29 is 27.3 Å². The molecular formula is C58H61IrN3OSi-2. The maximum atomic E-state index is 8.89. The van der Waals surface area contributed by atoms with Crippen molar-refractivity contribution >= 4 is 46.2 Å². The molecule has 0 aliphatic heterocycles. The van der Waals surface area contributed by atoms with E-state index in [0.717, 1.165) is 72.1 Å². The molecule has 0 saturated carbocycles. The van der Waals surface area contributed by atoms with Crippen molar-refractivity contribution in [1.29, 1.82) is 0 Å². The molecule has 0 fully saturated rings. The quantitative estimate of drug-likeness (QED) is 0.123. The molecule has 0 N–H and O–H groups in total. The molecule has 6 aromatic carbocycles. The van der Waals surface area contributed by atoms with Gasteiger partial charge >= 0.3 is 0 Å². The summed E-state index contributed by atoms with van der Waals surface area (Å²) in [4.78, 5) is 9.94. The zero-order valence-electron chi connectivity index (χ0n) is 41.4. The molecule has 0 amide bonds. The van der Waals surface area contributed by atoms with Crippen LogP contribution in [-0.4, -0.2) is 22.6 Å². The molecule has 9 aromatic rings. The summed E-state index contributed by atoms with van der Waals surface area (Å²) in [5.74, 6) is 0.824. The molecule has 0 bridgehead atoms. The van der Waals surface area contributed by atoms with Gasteiger partial charge in [-0.3, -0.25) is 4.98 Å². The number of rotatable bonds is 6. The SMILES string of the molecule is CC(C)(C)c1cccc(-c2ccccc2)c1-n1c(-c2[c-]ccc3c2oc2ccccc23)nc2ccccc21.[2H]C([2H])(c1cc(-c2[c-]ccc(C(C)(C)C)c2)ncc1[Si](C)(C)C)C(C)(C)C.[Ir]. The molecular weight excluding hydrogens is 975 g/mol. The van der Waals surface area contributed by atoms with Gasteiger partial charge in [0.15, 0.2) is 0 Å². The second kappa shape index (κ2) is 17.9. The van der Waals surface area contributed by atoms with Crippen LogP contribution in [0.25, 0.3) is 72.4 Å². The van der Waals surface area contributed by atoms with E-state index in [9.17, 15) is 0 Å². The number of fused-ring (bicyclic) bond motifs is 4. The van der Waals surface area contributed by atoms with Crippen LogP contribution < -0.4 is 5.19 Å². The summed E-state index contributed by atoms with van der Waals surface area (Å²) in [5.41, 5.74) is 12.4. The van der Waals surface area contributed by atoms with Crippen molar-refractivity contribution in [3.8, 4) is 39.5 Å². The summed E-state index contributed by atoms with van der Waals surface area (Å²) >= 11 is 0. The summed E-state index contributed by atoms with van der Waals surface area (Å²) in [6.07, 6.45) is 0.472. The topological polar surface area (TPSA) is 43.9 Å². The van der Waals surface area contributed by atoms with E-state index in [1.165, 1.54) is 22.3 Å². The number of para-hydroxylation sites is 4. The Morgan fingerprint density at radius 3 is 2.09 bits per heavy atom. The average molecular weight is 1040 g/mol. The van der Waals surface area contributed by atoms with Crippen LogP contribution in [0.5, 0.6) is 0 Å². The summed E-state index contributed by atoms with van der Waals surface area (Å²) in [7, 11) is -1.74. The van der Waals surface area contributed by atoms with Crippen molar-refractivity contribution in [3.63, 3.8) is 0 Å². The van der Waals surface area contributed by atoms with Gasteiger partial charge in [0.25, 0.3) is 0 Å². The van der Waals surface area contributed by atoms with Crippen LogP contribution in [0.15, 0.2) is 144 Å². The van der Waals surface area contributed by atoms with Gasteiger partial charge in [-0.05, 0) is 62.8 Å². The summed E-state index contributed by atoms with van der Waals surface area (Å²) in [6.45, 7) is 26.0. The van der Waals surface area contributed by atoms with Crippen LogP contribution in [0, 0.1) is 17.5 Å². The van der Waals surface area contributed by atoms with Gasteiger partial charge in [-0.2, -0.15) is 0 Å². The van der Waals surface area contributed by atoms with Crippen molar-refractivity contribution in [2.45, 2.75) is 99.2 Å². The Hall–Kier alpha value is -5.39. The van der Waals surface area contributed by atoms with E-state index in [0.29, 0.717) is 0 Å². The van der Waals surface area contributed by atoms with Gasteiger partial charge in [0.2, 0.25) is 0 Å². The molecule has 3 aromatic heterocycles. The molecule has 329 valence electrons. The Kier molecular flexibility index (Phi) is 12.2. The van der Waals surface area contributed by atoms with Gasteiger partial charge in [-0.1, -0.05) is 183 Å². The molecule has 1 radical (unpaired) electrons. The zero-order valence-corrected chi connectivity index (χ0v) is 42.8. The maximum absolute atomic E-state index is 8.89. The number of nitrogens with zero attached hydrogens (tertiary/aromatic N) is 3. The zero-order chi connectivity index (χ0) is 46.7. The third-order valence-electron chi connectivity index (χ3n) is 11.4. The Bertz CT molecular complexity index is 3180. The fraction of sp³-hybridized carbons (Fsp3) is 0.276. The first kappa shape index (κ1) is 43.8. The summed E-state index contributed by atoms with van der Waals surface area (Å²) in [6, 6.07) is 52.8. The number of aromatic nitrogens is 3. The molecule has 4 nitrogen and oxygen atoms in total. The third-order valence-corrected chi connectivity index (χ3v) is 13.5. The fourth-order valence-corrected chi connectivity index (χ4v) is 9.70. The van der Waals surface area contributed by atoms with Gasteiger partial charge < -0.3 is 14.0 Å². The first-order valence-corrected chi connectivity index (χ1v) is 25.6. The molecule has 6 heteroatoms. The Morgan fingerprint density at radius 1 is 0.703 bits per heavy atom. The summed E-state index contributed by atoms with van der Waals surface area (Å²) < 4.78 is 26.6. The van der Waals surface area contributed by atoms with Crippen LogP contribution in [0.3, 0.4) is 0 Å². The van der Waals surface area contributed by atoms with E-state index >= 15 is 0 Å². The molecule has 0 atom stereocenters. The van der Waals surface area contributed by atoms with Gasteiger partial charge in [-0.15, -0.1) is 53.6 Å². The Labute approximate surface area is 398 Å².